The summed E-state index contributed by atoms with van der Waals surface area (Å²) in [4.78, 5) is 12.7. The number of rotatable bonds is 7. The van der Waals surface area contributed by atoms with E-state index in [0.717, 1.165) is 13.0 Å². The largest absolute Gasteiger partial charge is 0.354 e. The molecule has 3 aromatic rings. The number of hydrogen-bond donors (Lipinski definition) is 1. The lowest BCUT2D eigenvalue weighted by Crippen LogP contribution is -2.33. The van der Waals surface area contributed by atoms with Crippen LogP contribution in [0.15, 0.2) is 54.7 Å². The Morgan fingerprint density at radius 2 is 1.78 bits per heavy atom. The predicted octanol–water partition coefficient (Wildman–Crippen LogP) is 5.41. The lowest BCUT2D eigenvalue weighted by Gasteiger charge is -2.19. The second-order valence-electron chi connectivity index (χ2n) is 7.43. The Morgan fingerprint density at radius 1 is 1.07 bits per heavy atom. The molecule has 1 amide bonds. The molecular weight excluding hydrogens is 332 g/mol. The first-order valence-electron chi connectivity index (χ1n) is 9.97. The van der Waals surface area contributed by atoms with E-state index >= 15 is 0 Å². The number of amides is 1. The van der Waals surface area contributed by atoms with Crippen LogP contribution in [0, 0.1) is 6.92 Å². The quantitative estimate of drug-likeness (QED) is 0.599. The van der Waals surface area contributed by atoms with E-state index in [0.29, 0.717) is 6.42 Å². The molecule has 0 saturated carbocycles. The van der Waals surface area contributed by atoms with Gasteiger partial charge in [0.25, 0.3) is 0 Å². The molecule has 2 aromatic carbocycles. The van der Waals surface area contributed by atoms with Crippen LogP contribution >= 0.6 is 0 Å². The lowest BCUT2D eigenvalue weighted by atomic mass is 9.87. The molecule has 3 rings (SSSR count). The van der Waals surface area contributed by atoms with Gasteiger partial charge in [0.1, 0.15) is 0 Å². The number of benzene rings is 2. The van der Waals surface area contributed by atoms with Crippen LogP contribution in [0.2, 0.25) is 0 Å². The Hall–Kier alpha value is -2.55. The molecular formula is C24H30N2O. The van der Waals surface area contributed by atoms with Gasteiger partial charge in [0, 0.05) is 42.0 Å². The van der Waals surface area contributed by atoms with Crippen LogP contribution < -0.4 is 5.32 Å². The number of para-hydroxylation sites is 1. The Labute approximate surface area is 162 Å². The van der Waals surface area contributed by atoms with Crippen molar-refractivity contribution in [2.75, 3.05) is 0 Å². The van der Waals surface area contributed by atoms with E-state index in [1.165, 1.54) is 27.6 Å². The van der Waals surface area contributed by atoms with Crippen LogP contribution in [0.25, 0.3) is 10.9 Å². The molecule has 0 bridgehead atoms. The van der Waals surface area contributed by atoms with Crippen LogP contribution in [0.5, 0.6) is 0 Å². The van der Waals surface area contributed by atoms with E-state index in [2.05, 4.69) is 92.3 Å². The van der Waals surface area contributed by atoms with Crippen LogP contribution in [-0.2, 0) is 11.3 Å². The fraction of sp³-hybridized carbons (Fsp3) is 0.375. The fourth-order valence-corrected chi connectivity index (χ4v) is 3.64. The van der Waals surface area contributed by atoms with Crippen molar-refractivity contribution < 1.29 is 4.79 Å². The Morgan fingerprint density at radius 3 is 2.44 bits per heavy atom. The molecule has 2 atom stereocenters. The number of fused-ring (bicyclic) bond motifs is 1. The maximum absolute atomic E-state index is 12.7. The summed E-state index contributed by atoms with van der Waals surface area (Å²) in [6.45, 7) is 9.32. The highest BCUT2D eigenvalue weighted by atomic mass is 16.1. The van der Waals surface area contributed by atoms with E-state index < -0.39 is 0 Å². The van der Waals surface area contributed by atoms with Gasteiger partial charge >= 0.3 is 0 Å². The van der Waals surface area contributed by atoms with E-state index in [1.807, 2.05) is 0 Å². The van der Waals surface area contributed by atoms with Crippen LogP contribution in [0.3, 0.4) is 0 Å². The SMILES string of the molecule is CCC(C)NC(=O)CC(c1ccc(C)cc1)c1cn(CC)c2ccccc12. The lowest BCUT2D eigenvalue weighted by molar-refractivity contribution is -0.121. The number of aromatic nitrogens is 1. The zero-order valence-electron chi connectivity index (χ0n) is 16.8. The summed E-state index contributed by atoms with van der Waals surface area (Å²) >= 11 is 0. The van der Waals surface area contributed by atoms with Crippen molar-refractivity contribution in [3.05, 3.63) is 71.4 Å². The van der Waals surface area contributed by atoms with Crippen molar-refractivity contribution in [1.29, 1.82) is 0 Å². The van der Waals surface area contributed by atoms with Gasteiger partial charge in [-0.25, -0.2) is 0 Å². The maximum atomic E-state index is 12.7. The van der Waals surface area contributed by atoms with E-state index in [-0.39, 0.29) is 17.9 Å². The molecule has 0 radical (unpaired) electrons. The summed E-state index contributed by atoms with van der Waals surface area (Å²) in [5.74, 6) is 0.163. The molecule has 1 heterocycles. The summed E-state index contributed by atoms with van der Waals surface area (Å²) in [6, 6.07) is 17.3. The minimum Gasteiger partial charge on any atom is -0.354 e. The van der Waals surface area contributed by atoms with Crippen molar-refractivity contribution >= 4 is 16.8 Å². The van der Waals surface area contributed by atoms with Crippen molar-refractivity contribution in [1.82, 2.24) is 9.88 Å². The number of carbonyl (C=O) groups excluding carboxylic acids is 1. The van der Waals surface area contributed by atoms with Crippen LogP contribution in [0.4, 0.5) is 0 Å². The van der Waals surface area contributed by atoms with E-state index in [4.69, 9.17) is 0 Å². The first kappa shape index (κ1) is 19.2. The third-order valence-electron chi connectivity index (χ3n) is 5.42. The standard InChI is InChI=1S/C24H30N2O/c1-5-18(4)25-24(27)15-21(19-13-11-17(3)12-14-19)22-16-26(6-2)23-10-8-7-9-20(22)23/h7-14,16,18,21H,5-6,15H2,1-4H3,(H,25,27). The zero-order valence-corrected chi connectivity index (χ0v) is 16.8. The van der Waals surface area contributed by atoms with Crippen LogP contribution in [0.1, 0.15) is 56.2 Å². The minimum atomic E-state index is 0.0485. The van der Waals surface area contributed by atoms with Gasteiger partial charge in [-0.2, -0.15) is 0 Å². The van der Waals surface area contributed by atoms with E-state index in [9.17, 15) is 4.79 Å². The smallest absolute Gasteiger partial charge is 0.221 e. The van der Waals surface area contributed by atoms with Crippen molar-refractivity contribution in [2.24, 2.45) is 0 Å². The third kappa shape index (κ3) is 4.24. The van der Waals surface area contributed by atoms with Gasteiger partial charge in [0.05, 0.1) is 0 Å². The molecule has 2 unspecified atom stereocenters. The Balaban J connectivity index is 2.04. The molecule has 1 aromatic heterocycles. The molecule has 27 heavy (non-hydrogen) atoms. The maximum Gasteiger partial charge on any atom is 0.221 e. The molecule has 0 fully saturated rings. The minimum absolute atomic E-state index is 0.0485. The Kier molecular flexibility index (Phi) is 6.00. The molecule has 3 nitrogen and oxygen atoms in total. The molecule has 0 aliphatic heterocycles. The number of hydrogen-bond acceptors (Lipinski definition) is 1. The van der Waals surface area contributed by atoms with Gasteiger partial charge in [0.15, 0.2) is 0 Å². The summed E-state index contributed by atoms with van der Waals surface area (Å²) in [5, 5.41) is 4.37. The zero-order chi connectivity index (χ0) is 19.4. The molecule has 1 N–H and O–H groups in total. The normalized spacial score (nSPS) is 13.5. The van der Waals surface area contributed by atoms with Gasteiger partial charge in [0.2, 0.25) is 5.91 Å². The highest BCUT2D eigenvalue weighted by molar-refractivity contribution is 5.86. The summed E-state index contributed by atoms with van der Waals surface area (Å²) < 4.78 is 2.28. The highest BCUT2D eigenvalue weighted by Gasteiger charge is 2.23. The average molecular weight is 363 g/mol. The van der Waals surface area contributed by atoms with Crippen molar-refractivity contribution in [3.8, 4) is 0 Å². The van der Waals surface area contributed by atoms with Gasteiger partial charge in [-0.15, -0.1) is 0 Å². The predicted molar refractivity (Wildman–Crippen MR) is 113 cm³/mol. The monoisotopic (exact) mass is 362 g/mol. The molecule has 0 spiro atoms. The van der Waals surface area contributed by atoms with E-state index in [1.54, 1.807) is 0 Å². The Bertz CT molecular complexity index is 908. The van der Waals surface area contributed by atoms with Crippen molar-refractivity contribution in [3.63, 3.8) is 0 Å². The van der Waals surface area contributed by atoms with Gasteiger partial charge in [-0.05, 0) is 44.4 Å². The molecule has 0 aliphatic carbocycles. The summed E-state index contributed by atoms with van der Waals surface area (Å²) in [7, 11) is 0. The number of carbonyl (C=O) groups is 1. The fourth-order valence-electron chi connectivity index (χ4n) is 3.64. The average Bonchev–Trinajstić information content (AvgIpc) is 3.05. The summed E-state index contributed by atoms with van der Waals surface area (Å²) in [5.41, 5.74) is 4.89. The number of nitrogens with one attached hydrogen (secondary N) is 1. The third-order valence-corrected chi connectivity index (χ3v) is 5.42. The number of nitrogens with zero attached hydrogens (tertiary/aromatic N) is 1. The number of aryl methyl sites for hydroxylation is 2. The summed E-state index contributed by atoms with van der Waals surface area (Å²) in [6.07, 6.45) is 3.63. The molecule has 0 saturated heterocycles. The van der Waals surface area contributed by atoms with Gasteiger partial charge < -0.3 is 9.88 Å². The first-order valence-corrected chi connectivity index (χ1v) is 9.97. The highest BCUT2D eigenvalue weighted by Crippen LogP contribution is 2.35. The second kappa shape index (κ2) is 8.43. The first-order chi connectivity index (χ1) is 13.0. The van der Waals surface area contributed by atoms with Gasteiger partial charge in [-0.1, -0.05) is 55.0 Å². The topological polar surface area (TPSA) is 34.0 Å². The van der Waals surface area contributed by atoms with Crippen molar-refractivity contribution in [2.45, 2.75) is 59.0 Å². The van der Waals surface area contributed by atoms with Crippen LogP contribution in [-0.4, -0.2) is 16.5 Å². The molecule has 0 aliphatic rings. The second-order valence-corrected chi connectivity index (χ2v) is 7.43. The molecule has 3 heteroatoms. The molecule has 142 valence electrons. The van der Waals surface area contributed by atoms with Gasteiger partial charge in [-0.3, -0.25) is 4.79 Å².